The van der Waals surface area contributed by atoms with Crippen LogP contribution >= 0.6 is 0 Å². The molecule has 1 atom stereocenters. The van der Waals surface area contributed by atoms with Crippen molar-refractivity contribution in [2.45, 2.75) is 32.7 Å². The molecule has 1 saturated heterocycles. The molecule has 2 aromatic heterocycles. The average Bonchev–Trinajstić information content (AvgIpc) is 3.04. The van der Waals surface area contributed by atoms with Gasteiger partial charge in [0.05, 0.1) is 6.54 Å². The molecule has 1 amide bonds. The molecule has 0 spiro atoms. The number of pyridine rings is 1. The van der Waals surface area contributed by atoms with Crippen molar-refractivity contribution in [3.05, 3.63) is 64.7 Å². The molecule has 152 valence electrons. The number of carbonyl (C=O) groups is 1. The molecule has 2 N–H and O–H groups in total. The van der Waals surface area contributed by atoms with E-state index in [-0.39, 0.29) is 11.6 Å². The van der Waals surface area contributed by atoms with Crippen LogP contribution in [-0.4, -0.2) is 33.2 Å². The van der Waals surface area contributed by atoms with E-state index < -0.39 is 0 Å². The van der Waals surface area contributed by atoms with Gasteiger partial charge in [-0.15, -0.1) is 5.10 Å². The highest BCUT2D eigenvalue weighted by Crippen LogP contribution is 2.24. The van der Waals surface area contributed by atoms with Crippen LogP contribution < -0.4 is 16.3 Å². The zero-order valence-electron chi connectivity index (χ0n) is 16.7. The second kappa shape index (κ2) is 8.61. The molecule has 7 nitrogen and oxygen atoms in total. The number of fused-ring (bicyclic) bond motifs is 1. The fourth-order valence-electron chi connectivity index (χ4n) is 4.08. The van der Waals surface area contributed by atoms with Crippen LogP contribution in [0.2, 0.25) is 0 Å². The molecule has 0 saturated carbocycles. The summed E-state index contributed by atoms with van der Waals surface area (Å²) in [6, 6.07) is 13.1. The Hall–Kier alpha value is -2.93. The second-order valence-corrected chi connectivity index (χ2v) is 7.89. The van der Waals surface area contributed by atoms with Gasteiger partial charge in [0.1, 0.15) is 0 Å². The van der Waals surface area contributed by atoms with Crippen LogP contribution in [0.25, 0.3) is 5.65 Å². The summed E-state index contributed by atoms with van der Waals surface area (Å²) in [5.74, 6) is 1.02. The van der Waals surface area contributed by atoms with Crippen LogP contribution in [-0.2, 0) is 11.3 Å². The third kappa shape index (κ3) is 4.56. The minimum Gasteiger partial charge on any atom is -0.326 e. The Balaban J connectivity index is 1.41. The van der Waals surface area contributed by atoms with Gasteiger partial charge >= 0.3 is 5.69 Å². The molecule has 29 heavy (non-hydrogen) atoms. The van der Waals surface area contributed by atoms with Crippen molar-refractivity contribution in [2.24, 2.45) is 11.8 Å². The monoisotopic (exact) mass is 393 g/mol. The summed E-state index contributed by atoms with van der Waals surface area (Å²) in [4.78, 5) is 25.0. The van der Waals surface area contributed by atoms with Crippen LogP contribution in [0.4, 0.5) is 5.69 Å². The van der Waals surface area contributed by atoms with Gasteiger partial charge in [-0.1, -0.05) is 25.1 Å². The molecule has 4 rings (SSSR count). The zero-order valence-corrected chi connectivity index (χ0v) is 16.7. The lowest BCUT2D eigenvalue weighted by Crippen LogP contribution is -2.32. The van der Waals surface area contributed by atoms with Gasteiger partial charge in [-0.05, 0) is 67.6 Å². The van der Waals surface area contributed by atoms with E-state index in [9.17, 15) is 9.59 Å². The van der Waals surface area contributed by atoms with Crippen molar-refractivity contribution in [2.75, 3.05) is 18.4 Å². The summed E-state index contributed by atoms with van der Waals surface area (Å²) >= 11 is 0. The maximum Gasteiger partial charge on any atom is 0.350 e. The Morgan fingerprint density at radius 2 is 2.07 bits per heavy atom. The number of carbonyl (C=O) groups excluding carboxylic acids is 1. The normalized spacial score (nSPS) is 16.0. The Morgan fingerprint density at radius 3 is 2.86 bits per heavy atom. The second-order valence-electron chi connectivity index (χ2n) is 7.89. The highest BCUT2D eigenvalue weighted by molar-refractivity contribution is 5.90. The van der Waals surface area contributed by atoms with Crippen molar-refractivity contribution >= 4 is 17.2 Å². The molecular weight excluding hydrogens is 366 g/mol. The van der Waals surface area contributed by atoms with Crippen molar-refractivity contribution in [3.63, 3.8) is 0 Å². The maximum absolute atomic E-state index is 12.5. The number of benzene rings is 1. The van der Waals surface area contributed by atoms with Crippen molar-refractivity contribution in [1.29, 1.82) is 0 Å². The van der Waals surface area contributed by atoms with Crippen LogP contribution in [0.5, 0.6) is 0 Å². The van der Waals surface area contributed by atoms with E-state index >= 15 is 0 Å². The number of rotatable bonds is 6. The van der Waals surface area contributed by atoms with E-state index in [0.717, 1.165) is 37.2 Å². The van der Waals surface area contributed by atoms with E-state index in [0.29, 0.717) is 30.4 Å². The summed E-state index contributed by atoms with van der Waals surface area (Å²) in [5.41, 5.74) is 2.11. The molecule has 0 bridgehead atoms. The summed E-state index contributed by atoms with van der Waals surface area (Å²) < 4.78 is 2.96. The van der Waals surface area contributed by atoms with Gasteiger partial charge < -0.3 is 10.6 Å². The van der Waals surface area contributed by atoms with Gasteiger partial charge in [0, 0.05) is 18.3 Å². The molecule has 1 aromatic carbocycles. The number of hydrogen-bond acceptors (Lipinski definition) is 4. The maximum atomic E-state index is 12.5. The lowest BCUT2D eigenvalue weighted by atomic mass is 9.84. The van der Waals surface area contributed by atoms with E-state index in [1.165, 1.54) is 9.08 Å². The van der Waals surface area contributed by atoms with Crippen LogP contribution in [0.3, 0.4) is 0 Å². The van der Waals surface area contributed by atoms with E-state index in [4.69, 9.17) is 0 Å². The highest BCUT2D eigenvalue weighted by atomic mass is 16.2. The zero-order chi connectivity index (χ0) is 20.2. The highest BCUT2D eigenvalue weighted by Gasteiger charge is 2.22. The number of hydrogen-bond donors (Lipinski definition) is 2. The van der Waals surface area contributed by atoms with Gasteiger partial charge in [-0.2, -0.15) is 0 Å². The molecule has 1 aliphatic heterocycles. The van der Waals surface area contributed by atoms with Gasteiger partial charge in [-0.3, -0.25) is 9.20 Å². The predicted molar refractivity (Wildman–Crippen MR) is 113 cm³/mol. The number of amides is 1. The smallest absolute Gasteiger partial charge is 0.326 e. The van der Waals surface area contributed by atoms with Crippen LogP contribution in [0, 0.1) is 11.8 Å². The standard InChI is InChI=1S/C22H27N5O2/c1-16(18-8-10-23-11-9-18)13-21(28)24-19-6-4-5-17(14-19)15-27-22(29)26-12-3-2-7-20(26)25-27/h2-7,12,14,16,18,23H,8-11,13,15H2,1H3,(H,24,28). The molecule has 1 aliphatic rings. The lowest BCUT2D eigenvalue weighted by Gasteiger charge is -2.27. The minimum atomic E-state index is -0.175. The molecule has 1 unspecified atom stereocenters. The third-order valence-corrected chi connectivity index (χ3v) is 5.73. The van der Waals surface area contributed by atoms with Gasteiger partial charge in [0.25, 0.3) is 0 Å². The van der Waals surface area contributed by atoms with E-state index in [2.05, 4.69) is 22.7 Å². The first-order valence-electron chi connectivity index (χ1n) is 10.2. The Kier molecular flexibility index (Phi) is 5.76. The Bertz CT molecular complexity index is 1050. The van der Waals surface area contributed by atoms with Gasteiger partial charge in [0.2, 0.25) is 5.91 Å². The number of piperidine rings is 1. The van der Waals surface area contributed by atoms with Crippen molar-refractivity contribution < 1.29 is 4.79 Å². The first-order chi connectivity index (χ1) is 14.1. The van der Waals surface area contributed by atoms with Gasteiger partial charge in [0.15, 0.2) is 5.65 Å². The Morgan fingerprint density at radius 1 is 1.24 bits per heavy atom. The van der Waals surface area contributed by atoms with E-state index in [1.807, 2.05) is 30.3 Å². The first kappa shape index (κ1) is 19.4. The lowest BCUT2D eigenvalue weighted by molar-refractivity contribution is -0.117. The first-order valence-corrected chi connectivity index (χ1v) is 10.2. The predicted octanol–water partition coefficient (Wildman–Crippen LogP) is 2.51. The summed E-state index contributed by atoms with van der Waals surface area (Å²) in [5, 5.41) is 10.7. The number of aromatic nitrogens is 3. The van der Waals surface area contributed by atoms with Gasteiger partial charge in [-0.25, -0.2) is 9.48 Å². The molecule has 3 aromatic rings. The largest absolute Gasteiger partial charge is 0.350 e. The topological polar surface area (TPSA) is 80.4 Å². The minimum absolute atomic E-state index is 0.0399. The molecular formula is C22H27N5O2. The summed E-state index contributed by atoms with van der Waals surface area (Å²) in [7, 11) is 0. The fraction of sp³-hybridized carbons (Fsp3) is 0.409. The summed E-state index contributed by atoms with van der Waals surface area (Å²) in [6.07, 6.45) is 4.51. The summed E-state index contributed by atoms with van der Waals surface area (Å²) in [6.45, 7) is 4.61. The molecule has 3 heterocycles. The molecule has 7 heteroatoms. The SMILES string of the molecule is CC(CC(=O)Nc1cccc(Cn2nc3ccccn3c2=O)c1)C1CCNCC1. The van der Waals surface area contributed by atoms with Crippen molar-refractivity contribution in [1.82, 2.24) is 19.5 Å². The molecule has 0 aliphatic carbocycles. The molecule has 0 radical (unpaired) electrons. The Labute approximate surface area is 169 Å². The number of nitrogens with zero attached hydrogens (tertiary/aromatic N) is 3. The number of nitrogens with one attached hydrogen (secondary N) is 2. The van der Waals surface area contributed by atoms with Crippen LogP contribution in [0.1, 0.15) is 31.7 Å². The fourth-order valence-corrected chi connectivity index (χ4v) is 4.08. The van der Waals surface area contributed by atoms with Crippen LogP contribution in [0.15, 0.2) is 53.5 Å². The van der Waals surface area contributed by atoms with E-state index in [1.54, 1.807) is 18.3 Å². The third-order valence-electron chi connectivity index (χ3n) is 5.73. The molecule has 1 fully saturated rings. The quantitative estimate of drug-likeness (QED) is 0.674. The van der Waals surface area contributed by atoms with Crippen molar-refractivity contribution in [3.8, 4) is 0 Å². The average molecular weight is 393 g/mol. The number of anilines is 1.